The Morgan fingerprint density at radius 2 is 2.06 bits per heavy atom. The molecule has 0 aliphatic heterocycles. The summed E-state index contributed by atoms with van der Waals surface area (Å²) >= 11 is 14.0. The molecule has 0 aliphatic carbocycles. The van der Waals surface area contributed by atoms with Crippen LogP contribution in [0.4, 0.5) is 11.4 Å². The molecule has 2 aromatic rings. The Balaban J connectivity index is 2.26. The Morgan fingerprint density at radius 1 is 1.33 bits per heavy atom. The monoisotopic (exact) mass is 408 g/mol. The summed E-state index contributed by atoms with van der Waals surface area (Å²) in [6, 6.07) is 6.68. The Labute approximate surface area is 130 Å². The molecule has 0 radical (unpaired) electrons. The number of anilines is 2. The zero-order chi connectivity index (χ0) is 13.3. The van der Waals surface area contributed by atoms with Crippen LogP contribution in [0.1, 0.15) is 10.4 Å². The lowest BCUT2D eigenvalue weighted by atomic mass is 10.2. The van der Waals surface area contributed by atoms with Crippen LogP contribution in [-0.2, 0) is 0 Å². The van der Waals surface area contributed by atoms with Crippen molar-refractivity contribution in [3.63, 3.8) is 0 Å². The van der Waals surface area contributed by atoms with Crippen LogP contribution in [-0.4, -0.2) is 5.91 Å². The molecule has 0 atom stereocenters. The van der Waals surface area contributed by atoms with Crippen molar-refractivity contribution in [3.05, 3.63) is 42.4 Å². The van der Waals surface area contributed by atoms with E-state index >= 15 is 0 Å². The van der Waals surface area contributed by atoms with Gasteiger partial charge in [0.1, 0.15) is 0 Å². The van der Waals surface area contributed by atoms with Crippen LogP contribution in [0, 0.1) is 0 Å². The second kappa shape index (κ2) is 5.61. The lowest BCUT2D eigenvalue weighted by Crippen LogP contribution is -2.12. The van der Waals surface area contributed by atoms with Crippen molar-refractivity contribution in [1.29, 1.82) is 0 Å². The first kappa shape index (κ1) is 13.9. The highest BCUT2D eigenvalue weighted by Gasteiger charge is 2.14. The molecule has 1 heterocycles. The minimum absolute atomic E-state index is 0.238. The number of nitrogens with one attached hydrogen (secondary N) is 1. The summed E-state index contributed by atoms with van der Waals surface area (Å²) in [5.74, 6) is -0.238. The number of rotatable bonds is 2. The van der Waals surface area contributed by atoms with Crippen molar-refractivity contribution in [2.45, 2.75) is 0 Å². The minimum atomic E-state index is -0.238. The number of nitrogens with two attached hydrogens (primary N) is 1. The van der Waals surface area contributed by atoms with Gasteiger partial charge in [-0.1, -0.05) is 11.6 Å². The molecule has 18 heavy (non-hydrogen) atoms. The van der Waals surface area contributed by atoms with Gasteiger partial charge >= 0.3 is 0 Å². The molecule has 0 saturated heterocycles. The average molecular weight is 411 g/mol. The molecule has 0 saturated carbocycles. The topological polar surface area (TPSA) is 55.1 Å². The molecule has 0 aliphatic rings. The van der Waals surface area contributed by atoms with E-state index in [0.717, 1.165) is 7.57 Å². The molecular formula is C11H7Br2ClN2OS. The Kier molecular flexibility index (Phi) is 4.32. The van der Waals surface area contributed by atoms with Crippen LogP contribution < -0.4 is 11.1 Å². The van der Waals surface area contributed by atoms with E-state index in [1.165, 1.54) is 11.3 Å². The number of nitrogen functional groups attached to an aromatic ring is 1. The summed E-state index contributed by atoms with van der Waals surface area (Å²) < 4.78 is 1.63. The third-order valence-electron chi connectivity index (χ3n) is 2.16. The van der Waals surface area contributed by atoms with E-state index in [9.17, 15) is 4.79 Å². The molecule has 94 valence electrons. The van der Waals surface area contributed by atoms with Crippen molar-refractivity contribution < 1.29 is 4.79 Å². The number of benzene rings is 1. The van der Waals surface area contributed by atoms with Gasteiger partial charge in [-0.15, -0.1) is 11.3 Å². The number of carbonyl (C=O) groups excluding carboxylic acids is 1. The second-order valence-corrected chi connectivity index (χ2v) is 7.61. The first-order valence-electron chi connectivity index (χ1n) is 4.78. The van der Waals surface area contributed by atoms with E-state index in [1.807, 2.05) is 0 Å². The fourth-order valence-electron chi connectivity index (χ4n) is 1.32. The number of carbonyl (C=O) groups is 1. The maximum atomic E-state index is 12.1. The summed E-state index contributed by atoms with van der Waals surface area (Å²) in [6.45, 7) is 0. The van der Waals surface area contributed by atoms with Crippen LogP contribution in [0.2, 0.25) is 5.02 Å². The van der Waals surface area contributed by atoms with Gasteiger partial charge in [-0.05, 0) is 56.1 Å². The molecule has 0 unspecified atom stereocenters. The highest BCUT2D eigenvalue weighted by atomic mass is 79.9. The fraction of sp³-hybridized carbons (Fsp3) is 0. The largest absolute Gasteiger partial charge is 0.397 e. The van der Waals surface area contributed by atoms with E-state index in [1.54, 1.807) is 24.3 Å². The normalized spacial score (nSPS) is 10.4. The van der Waals surface area contributed by atoms with Crippen LogP contribution in [0.3, 0.4) is 0 Å². The Hall–Kier alpha value is -0.560. The summed E-state index contributed by atoms with van der Waals surface area (Å²) in [4.78, 5) is 12.1. The fourth-order valence-corrected chi connectivity index (χ4v) is 4.29. The van der Waals surface area contributed by atoms with Crippen molar-refractivity contribution in [1.82, 2.24) is 0 Å². The molecule has 7 heteroatoms. The maximum Gasteiger partial charge on any atom is 0.257 e. The summed E-state index contributed by atoms with van der Waals surface area (Å²) in [5, 5.41) is 3.25. The SMILES string of the molecule is Nc1ccc(Cl)cc1NC(=O)c1cc(Br)sc1Br. The summed E-state index contributed by atoms with van der Waals surface area (Å²) in [6.07, 6.45) is 0. The molecule has 1 amide bonds. The quantitative estimate of drug-likeness (QED) is 0.702. The van der Waals surface area contributed by atoms with Gasteiger partial charge in [-0.25, -0.2) is 0 Å². The van der Waals surface area contributed by atoms with Gasteiger partial charge in [0.15, 0.2) is 0 Å². The molecule has 3 N–H and O–H groups in total. The molecule has 3 nitrogen and oxygen atoms in total. The van der Waals surface area contributed by atoms with Crippen molar-refractivity contribution >= 4 is 72.1 Å². The third kappa shape index (κ3) is 3.06. The number of hydrogen-bond acceptors (Lipinski definition) is 3. The third-order valence-corrected chi connectivity index (χ3v) is 4.74. The Morgan fingerprint density at radius 3 is 2.67 bits per heavy atom. The lowest BCUT2D eigenvalue weighted by Gasteiger charge is -2.07. The van der Waals surface area contributed by atoms with Crippen molar-refractivity contribution in [3.8, 4) is 0 Å². The summed E-state index contributed by atoms with van der Waals surface area (Å²) in [5.41, 5.74) is 7.29. The Bertz CT molecular complexity index is 615. The molecule has 1 aromatic heterocycles. The first-order valence-corrected chi connectivity index (χ1v) is 7.56. The van der Waals surface area contributed by atoms with E-state index < -0.39 is 0 Å². The van der Waals surface area contributed by atoms with Gasteiger partial charge in [0.25, 0.3) is 5.91 Å². The number of hydrogen-bond donors (Lipinski definition) is 2. The first-order chi connectivity index (χ1) is 8.47. The van der Waals surface area contributed by atoms with Crippen molar-refractivity contribution in [2.75, 3.05) is 11.1 Å². The smallest absolute Gasteiger partial charge is 0.257 e. The molecule has 0 bridgehead atoms. The molecule has 0 spiro atoms. The number of halogens is 3. The predicted octanol–water partition coefficient (Wildman–Crippen LogP) is 4.76. The average Bonchev–Trinajstić information content (AvgIpc) is 2.63. The van der Waals surface area contributed by atoms with E-state index in [0.29, 0.717) is 22.0 Å². The van der Waals surface area contributed by atoms with Gasteiger partial charge in [0.2, 0.25) is 0 Å². The second-order valence-electron chi connectivity index (χ2n) is 3.42. The van der Waals surface area contributed by atoms with Gasteiger partial charge in [0, 0.05) is 5.02 Å². The predicted molar refractivity (Wildman–Crippen MR) is 83.5 cm³/mol. The zero-order valence-corrected chi connectivity index (χ0v) is 13.6. The molecule has 1 aromatic carbocycles. The molecule has 2 rings (SSSR count). The van der Waals surface area contributed by atoms with Gasteiger partial charge in [-0.3, -0.25) is 4.79 Å². The van der Waals surface area contributed by atoms with Gasteiger partial charge in [0.05, 0.1) is 24.5 Å². The van der Waals surface area contributed by atoms with E-state index in [2.05, 4.69) is 37.2 Å². The summed E-state index contributed by atoms with van der Waals surface area (Å²) in [7, 11) is 0. The van der Waals surface area contributed by atoms with Crippen molar-refractivity contribution in [2.24, 2.45) is 0 Å². The molecule has 0 fully saturated rings. The number of thiophene rings is 1. The van der Waals surface area contributed by atoms with Gasteiger partial charge in [-0.2, -0.15) is 0 Å². The van der Waals surface area contributed by atoms with E-state index in [4.69, 9.17) is 17.3 Å². The standard InChI is InChI=1S/C11H7Br2ClN2OS/c12-9-4-6(10(13)18-9)11(17)16-8-3-5(14)1-2-7(8)15/h1-4H,15H2,(H,16,17). The van der Waals surface area contributed by atoms with Gasteiger partial charge < -0.3 is 11.1 Å². The maximum absolute atomic E-state index is 12.1. The van der Waals surface area contributed by atoms with Crippen LogP contribution in [0.5, 0.6) is 0 Å². The highest BCUT2D eigenvalue weighted by molar-refractivity contribution is 9.12. The van der Waals surface area contributed by atoms with Crippen LogP contribution in [0.15, 0.2) is 31.8 Å². The molecular weight excluding hydrogens is 403 g/mol. The minimum Gasteiger partial charge on any atom is -0.397 e. The number of amides is 1. The lowest BCUT2D eigenvalue weighted by molar-refractivity contribution is 0.102. The van der Waals surface area contributed by atoms with Crippen LogP contribution in [0.25, 0.3) is 0 Å². The van der Waals surface area contributed by atoms with E-state index in [-0.39, 0.29) is 5.91 Å². The highest BCUT2D eigenvalue weighted by Crippen LogP contribution is 2.33. The zero-order valence-electron chi connectivity index (χ0n) is 8.84. The van der Waals surface area contributed by atoms with Crippen LogP contribution >= 0.6 is 54.8 Å².